The smallest absolute Gasteiger partial charge is 0.0769 e. The van der Waals surface area contributed by atoms with Crippen LogP contribution in [0.1, 0.15) is 32.6 Å². The fourth-order valence-corrected chi connectivity index (χ4v) is 1.34. The first kappa shape index (κ1) is 10.2. The van der Waals surface area contributed by atoms with Crippen LogP contribution in [0.5, 0.6) is 0 Å². The molecule has 0 radical (unpaired) electrons. The minimum Gasteiger partial charge on any atom is -0.389 e. The number of nitrogens with two attached hydrogens (primary N) is 1. The molecule has 0 heterocycles. The van der Waals surface area contributed by atoms with Crippen molar-refractivity contribution in [2.24, 2.45) is 5.73 Å². The molecule has 3 N–H and O–H groups in total. The average Bonchev–Trinajstić information content (AvgIpc) is 1.77. The first-order chi connectivity index (χ1) is 4.13. The van der Waals surface area contributed by atoms with Crippen molar-refractivity contribution in [3.05, 3.63) is 0 Å². The lowest BCUT2D eigenvalue weighted by molar-refractivity contribution is 0.00358. The maximum atomic E-state index is 9.52. The second kappa shape index (κ2) is 3.56. The monoisotopic (exact) mass is 165 g/mol. The molecule has 1 saturated carbocycles. The van der Waals surface area contributed by atoms with Crippen LogP contribution >= 0.6 is 12.4 Å². The van der Waals surface area contributed by atoms with Crippen LogP contribution in [-0.2, 0) is 0 Å². The van der Waals surface area contributed by atoms with Gasteiger partial charge in [-0.1, -0.05) is 12.8 Å². The van der Waals surface area contributed by atoms with Crippen molar-refractivity contribution >= 4 is 12.4 Å². The minimum absolute atomic E-state index is 0. The summed E-state index contributed by atoms with van der Waals surface area (Å²) in [5.41, 5.74) is 5.08. The highest BCUT2D eigenvalue weighted by Gasteiger charge is 2.30. The summed E-state index contributed by atoms with van der Waals surface area (Å²) in [4.78, 5) is 0. The molecule has 0 amide bonds. The van der Waals surface area contributed by atoms with E-state index in [4.69, 9.17) is 5.73 Å². The molecule has 1 rings (SSSR count). The molecule has 2 atom stereocenters. The second-order valence-corrected chi connectivity index (χ2v) is 3.21. The Labute approximate surface area is 68.2 Å². The standard InChI is InChI=1S/C7H15NO.ClH/c1-7(9)5-3-2-4-6(7)8;/h6,9H,2-5,8H2,1H3;1H. The van der Waals surface area contributed by atoms with Crippen LogP contribution in [0.25, 0.3) is 0 Å². The van der Waals surface area contributed by atoms with Gasteiger partial charge in [0.1, 0.15) is 0 Å². The summed E-state index contributed by atoms with van der Waals surface area (Å²) in [6.45, 7) is 1.83. The zero-order chi connectivity index (χ0) is 6.91. The van der Waals surface area contributed by atoms with Gasteiger partial charge in [-0.3, -0.25) is 0 Å². The molecule has 1 aliphatic carbocycles. The minimum atomic E-state index is -0.585. The molecule has 10 heavy (non-hydrogen) atoms. The predicted molar refractivity (Wildman–Crippen MR) is 44.3 cm³/mol. The maximum Gasteiger partial charge on any atom is 0.0769 e. The maximum absolute atomic E-state index is 9.52. The summed E-state index contributed by atoms with van der Waals surface area (Å²) in [7, 11) is 0. The van der Waals surface area contributed by atoms with E-state index >= 15 is 0 Å². The van der Waals surface area contributed by atoms with Gasteiger partial charge in [0.2, 0.25) is 0 Å². The highest BCUT2D eigenvalue weighted by Crippen LogP contribution is 2.25. The normalized spacial score (nSPS) is 40.5. The summed E-state index contributed by atoms with van der Waals surface area (Å²) in [6, 6.07) is 0.00579. The third-order valence-electron chi connectivity index (χ3n) is 2.25. The van der Waals surface area contributed by atoms with Gasteiger partial charge < -0.3 is 10.8 Å². The van der Waals surface area contributed by atoms with Gasteiger partial charge >= 0.3 is 0 Å². The van der Waals surface area contributed by atoms with Gasteiger partial charge in [0.15, 0.2) is 0 Å². The van der Waals surface area contributed by atoms with Crippen LogP contribution < -0.4 is 5.73 Å². The SMILES string of the molecule is CC1(O)CCCCC1N.Cl. The van der Waals surface area contributed by atoms with E-state index in [9.17, 15) is 5.11 Å². The summed E-state index contributed by atoms with van der Waals surface area (Å²) in [6.07, 6.45) is 4.15. The molecule has 2 unspecified atom stereocenters. The van der Waals surface area contributed by atoms with Crippen molar-refractivity contribution in [2.75, 3.05) is 0 Å². The van der Waals surface area contributed by atoms with E-state index in [0.29, 0.717) is 0 Å². The molecular formula is C7H16ClNO. The van der Waals surface area contributed by atoms with Gasteiger partial charge in [-0.05, 0) is 19.8 Å². The van der Waals surface area contributed by atoms with Gasteiger partial charge in [0.05, 0.1) is 5.60 Å². The summed E-state index contributed by atoms with van der Waals surface area (Å²) in [5.74, 6) is 0. The van der Waals surface area contributed by atoms with Crippen LogP contribution in [0, 0.1) is 0 Å². The van der Waals surface area contributed by atoms with Gasteiger partial charge in [-0.2, -0.15) is 0 Å². The fourth-order valence-electron chi connectivity index (χ4n) is 1.34. The van der Waals surface area contributed by atoms with E-state index < -0.39 is 5.60 Å². The molecular weight excluding hydrogens is 150 g/mol. The Kier molecular flexibility index (Phi) is 3.63. The number of halogens is 1. The van der Waals surface area contributed by atoms with Crippen LogP contribution in [0.15, 0.2) is 0 Å². The quantitative estimate of drug-likeness (QED) is 0.564. The van der Waals surface area contributed by atoms with Crippen molar-refractivity contribution < 1.29 is 5.11 Å². The van der Waals surface area contributed by atoms with E-state index in [1.807, 2.05) is 6.92 Å². The van der Waals surface area contributed by atoms with Crippen molar-refractivity contribution in [3.63, 3.8) is 0 Å². The van der Waals surface area contributed by atoms with Crippen molar-refractivity contribution in [3.8, 4) is 0 Å². The topological polar surface area (TPSA) is 46.2 Å². The van der Waals surface area contributed by atoms with E-state index in [1.54, 1.807) is 0 Å². The largest absolute Gasteiger partial charge is 0.389 e. The second-order valence-electron chi connectivity index (χ2n) is 3.21. The predicted octanol–water partition coefficient (Wildman–Crippen LogP) is 1.06. The highest BCUT2D eigenvalue weighted by atomic mass is 35.5. The van der Waals surface area contributed by atoms with Crippen molar-refractivity contribution in [1.29, 1.82) is 0 Å². The van der Waals surface area contributed by atoms with Crippen LogP contribution in [0.4, 0.5) is 0 Å². The Morgan fingerprint density at radius 3 is 2.40 bits per heavy atom. The number of hydrogen-bond acceptors (Lipinski definition) is 2. The Balaban J connectivity index is 0.000000810. The zero-order valence-corrected chi connectivity index (χ0v) is 7.16. The van der Waals surface area contributed by atoms with Crippen LogP contribution in [-0.4, -0.2) is 16.7 Å². The molecule has 0 aromatic rings. The molecule has 0 aromatic carbocycles. The average molecular weight is 166 g/mol. The summed E-state index contributed by atoms with van der Waals surface area (Å²) < 4.78 is 0. The first-order valence-corrected chi connectivity index (χ1v) is 3.61. The highest BCUT2D eigenvalue weighted by molar-refractivity contribution is 5.85. The van der Waals surface area contributed by atoms with Crippen molar-refractivity contribution in [2.45, 2.75) is 44.2 Å². The van der Waals surface area contributed by atoms with Gasteiger partial charge in [0, 0.05) is 6.04 Å². The summed E-state index contributed by atoms with van der Waals surface area (Å²) >= 11 is 0. The molecule has 2 nitrogen and oxygen atoms in total. The van der Waals surface area contributed by atoms with Crippen LogP contribution in [0.3, 0.4) is 0 Å². The van der Waals surface area contributed by atoms with Crippen LogP contribution in [0.2, 0.25) is 0 Å². The zero-order valence-electron chi connectivity index (χ0n) is 6.34. The molecule has 3 heteroatoms. The van der Waals surface area contributed by atoms with Crippen molar-refractivity contribution in [1.82, 2.24) is 0 Å². The molecule has 0 bridgehead atoms. The third kappa shape index (κ3) is 2.11. The molecule has 0 aliphatic heterocycles. The van der Waals surface area contributed by atoms with Gasteiger partial charge in [0.25, 0.3) is 0 Å². The number of aliphatic hydroxyl groups is 1. The first-order valence-electron chi connectivity index (χ1n) is 3.61. The summed E-state index contributed by atoms with van der Waals surface area (Å²) in [5, 5.41) is 9.52. The van der Waals surface area contributed by atoms with E-state index in [2.05, 4.69) is 0 Å². The Morgan fingerprint density at radius 1 is 1.50 bits per heavy atom. The Bertz CT molecular complexity index is 106. The lowest BCUT2D eigenvalue weighted by Crippen LogP contribution is -2.47. The van der Waals surface area contributed by atoms with Gasteiger partial charge in [-0.15, -0.1) is 12.4 Å². The van der Waals surface area contributed by atoms with E-state index in [-0.39, 0.29) is 18.4 Å². The van der Waals surface area contributed by atoms with E-state index in [0.717, 1.165) is 19.3 Å². The lowest BCUT2D eigenvalue weighted by Gasteiger charge is -2.34. The lowest BCUT2D eigenvalue weighted by atomic mass is 9.82. The molecule has 0 saturated heterocycles. The molecule has 1 aliphatic rings. The molecule has 1 fully saturated rings. The van der Waals surface area contributed by atoms with Gasteiger partial charge in [-0.25, -0.2) is 0 Å². The fraction of sp³-hybridized carbons (Fsp3) is 1.00. The number of rotatable bonds is 0. The third-order valence-corrected chi connectivity index (χ3v) is 2.25. The molecule has 62 valence electrons. The van der Waals surface area contributed by atoms with E-state index in [1.165, 1.54) is 6.42 Å². The molecule has 0 aromatic heterocycles. The number of hydrogen-bond donors (Lipinski definition) is 2. The Morgan fingerprint density at radius 2 is 2.10 bits per heavy atom. The molecule has 0 spiro atoms. The Hall–Kier alpha value is 0.210.